The molecule has 0 radical (unpaired) electrons. The lowest BCUT2D eigenvalue weighted by molar-refractivity contribution is 0.0933. The minimum absolute atomic E-state index is 0.123. The number of fused-ring (bicyclic) bond motifs is 1. The van der Waals surface area contributed by atoms with Crippen molar-refractivity contribution in [2.45, 2.75) is 32.2 Å². The van der Waals surface area contributed by atoms with Gasteiger partial charge in [0.15, 0.2) is 0 Å². The van der Waals surface area contributed by atoms with Gasteiger partial charge in [0.25, 0.3) is 5.91 Å². The first kappa shape index (κ1) is 13.8. The van der Waals surface area contributed by atoms with Gasteiger partial charge in [-0.25, -0.2) is 4.39 Å². The molecule has 1 N–H and O–H groups in total. The Kier molecular flexibility index (Phi) is 3.74. The van der Waals surface area contributed by atoms with Crippen LogP contribution in [0.25, 0.3) is 0 Å². The molecule has 0 heterocycles. The van der Waals surface area contributed by atoms with Gasteiger partial charge >= 0.3 is 0 Å². The van der Waals surface area contributed by atoms with Crippen LogP contribution < -0.4 is 5.32 Å². The Hall–Kier alpha value is -2.16. The molecule has 2 aromatic carbocycles. The molecule has 2 aromatic rings. The van der Waals surface area contributed by atoms with Gasteiger partial charge in [-0.05, 0) is 61.1 Å². The van der Waals surface area contributed by atoms with Crippen LogP contribution in [0.1, 0.15) is 33.5 Å². The Morgan fingerprint density at radius 2 is 1.95 bits per heavy atom. The Morgan fingerprint density at radius 3 is 2.71 bits per heavy atom. The van der Waals surface area contributed by atoms with Crippen molar-refractivity contribution in [3.63, 3.8) is 0 Å². The zero-order valence-electron chi connectivity index (χ0n) is 12.0. The zero-order valence-corrected chi connectivity index (χ0v) is 12.0. The number of rotatable bonds is 2. The molecular weight excluding hydrogens is 265 g/mol. The van der Waals surface area contributed by atoms with E-state index in [1.165, 1.54) is 23.3 Å². The highest BCUT2D eigenvalue weighted by Gasteiger charge is 2.20. The fraction of sp³-hybridized carbons (Fsp3) is 0.278. The summed E-state index contributed by atoms with van der Waals surface area (Å²) in [6.07, 6.45) is 2.80. The van der Waals surface area contributed by atoms with E-state index in [-0.39, 0.29) is 17.8 Å². The standard InChI is InChI=1S/C18H18FNO/c1-12-10-15(7-9-17(12)19)18(21)20-16-8-6-13-4-2-3-5-14(13)11-16/h2-5,7,9-10,16H,6,8,11H2,1H3,(H,20,21). The van der Waals surface area contributed by atoms with E-state index in [0.29, 0.717) is 11.1 Å². The van der Waals surface area contributed by atoms with Crippen molar-refractivity contribution < 1.29 is 9.18 Å². The van der Waals surface area contributed by atoms with Crippen LogP contribution in [-0.4, -0.2) is 11.9 Å². The SMILES string of the molecule is Cc1cc(C(=O)NC2CCc3ccccc3C2)ccc1F. The van der Waals surface area contributed by atoms with Crippen molar-refractivity contribution in [1.82, 2.24) is 5.32 Å². The lowest BCUT2D eigenvalue weighted by atomic mass is 9.88. The van der Waals surface area contributed by atoms with Crippen molar-refractivity contribution in [2.24, 2.45) is 0 Å². The number of carbonyl (C=O) groups is 1. The van der Waals surface area contributed by atoms with Crippen molar-refractivity contribution in [3.8, 4) is 0 Å². The molecule has 1 aliphatic rings. The van der Waals surface area contributed by atoms with E-state index < -0.39 is 0 Å². The second kappa shape index (κ2) is 5.68. The first-order valence-electron chi connectivity index (χ1n) is 7.27. The lowest BCUT2D eigenvalue weighted by Gasteiger charge is -2.25. The Labute approximate surface area is 124 Å². The van der Waals surface area contributed by atoms with Gasteiger partial charge in [0.05, 0.1) is 0 Å². The van der Waals surface area contributed by atoms with Crippen molar-refractivity contribution in [3.05, 3.63) is 70.5 Å². The highest BCUT2D eigenvalue weighted by Crippen LogP contribution is 2.21. The summed E-state index contributed by atoms with van der Waals surface area (Å²) in [7, 11) is 0. The highest BCUT2D eigenvalue weighted by atomic mass is 19.1. The maximum absolute atomic E-state index is 13.3. The fourth-order valence-electron chi connectivity index (χ4n) is 2.88. The van der Waals surface area contributed by atoms with E-state index in [9.17, 15) is 9.18 Å². The van der Waals surface area contributed by atoms with Crippen molar-refractivity contribution in [1.29, 1.82) is 0 Å². The van der Waals surface area contributed by atoms with Crippen molar-refractivity contribution in [2.75, 3.05) is 0 Å². The molecule has 3 heteroatoms. The van der Waals surface area contributed by atoms with E-state index in [4.69, 9.17) is 0 Å². The maximum Gasteiger partial charge on any atom is 0.251 e. The summed E-state index contributed by atoms with van der Waals surface area (Å²) >= 11 is 0. The summed E-state index contributed by atoms with van der Waals surface area (Å²) < 4.78 is 13.3. The molecule has 0 bridgehead atoms. The van der Waals surface area contributed by atoms with Crippen molar-refractivity contribution >= 4 is 5.91 Å². The van der Waals surface area contributed by atoms with Crippen LogP contribution in [0.5, 0.6) is 0 Å². The van der Waals surface area contributed by atoms with E-state index >= 15 is 0 Å². The minimum atomic E-state index is -0.279. The molecule has 1 atom stereocenters. The summed E-state index contributed by atoms with van der Waals surface area (Å²) in [6.45, 7) is 1.67. The molecule has 0 aromatic heterocycles. The molecule has 1 amide bonds. The van der Waals surface area contributed by atoms with Gasteiger partial charge in [-0.2, -0.15) is 0 Å². The molecule has 0 aliphatic heterocycles. The number of aryl methyl sites for hydroxylation is 2. The maximum atomic E-state index is 13.3. The van der Waals surface area contributed by atoms with Gasteiger partial charge < -0.3 is 5.32 Å². The van der Waals surface area contributed by atoms with E-state index in [0.717, 1.165) is 19.3 Å². The molecule has 1 aliphatic carbocycles. The van der Waals surface area contributed by atoms with Crippen LogP contribution in [0, 0.1) is 12.7 Å². The number of hydrogen-bond donors (Lipinski definition) is 1. The average molecular weight is 283 g/mol. The van der Waals surface area contributed by atoms with Crippen LogP contribution in [0.2, 0.25) is 0 Å². The van der Waals surface area contributed by atoms with Gasteiger partial charge in [0.1, 0.15) is 5.82 Å². The van der Waals surface area contributed by atoms with Gasteiger partial charge in [-0.3, -0.25) is 4.79 Å². The number of nitrogens with one attached hydrogen (secondary N) is 1. The lowest BCUT2D eigenvalue weighted by Crippen LogP contribution is -2.38. The molecule has 0 spiro atoms. The van der Waals surface area contributed by atoms with Crippen LogP contribution >= 0.6 is 0 Å². The molecule has 21 heavy (non-hydrogen) atoms. The Morgan fingerprint density at radius 1 is 1.19 bits per heavy atom. The Balaban J connectivity index is 1.70. The van der Waals surface area contributed by atoms with E-state index in [1.54, 1.807) is 13.0 Å². The van der Waals surface area contributed by atoms with Gasteiger partial charge in [0.2, 0.25) is 0 Å². The molecular formula is C18H18FNO. The monoisotopic (exact) mass is 283 g/mol. The number of benzene rings is 2. The van der Waals surface area contributed by atoms with Crippen LogP contribution in [0.4, 0.5) is 4.39 Å². The van der Waals surface area contributed by atoms with E-state index in [2.05, 4.69) is 23.5 Å². The van der Waals surface area contributed by atoms with Gasteiger partial charge in [0, 0.05) is 11.6 Å². The smallest absolute Gasteiger partial charge is 0.251 e. The summed E-state index contributed by atoms with van der Waals surface area (Å²) in [6, 6.07) is 13.0. The molecule has 2 nitrogen and oxygen atoms in total. The molecule has 0 saturated carbocycles. The third-order valence-electron chi connectivity index (χ3n) is 4.10. The van der Waals surface area contributed by atoms with E-state index in [1.807, 2.05) is 6.07 Å². The Bertz CT molecular complexity index is 681. The average Bonchev–Trinajstić information content (AvgIpc) is 2.50. The molecule has 1 unspecified atom stereocenters. The fourth-order valence-corrected chi connectivity index (χ4v) is 2.88. The largest absolute Gasteiger partial charge is 0.349 e. The third kappa shape index (κ3) is 2.97. The summed E-state index contributed by atoms with van der Waals surface area (Å²) in [4.78, 5) is 12.3. The number of halogens is 1. The van der Waals surface area contributed by atoms with Gasteiger partial charge in [-0.1, -0.05) is 24.3 Å². The zero-order chi connectivity index (χ0) is 14.8. The number of amides is 1. The first-order chi connectivity index (χ1) is 10.1. The topological polar surface area (TPSA) is 29.1 Å². The van der Waals surface area contributed by atoms with Crippen LogP contribution in [0.3, 0.4) is 0 Å². The molecule has 108 valence electrons. The summed E-state index contributed by atoms with van der Waals surface area (Å²) in [5.41, 5.74) is 3.70. The normalized spacial score (nSPS) is 17.1. The predicted molar refractivity (Wildman–Crippen MR) is 80.9 cm³/mol. The second-order valence-electron chi connectivity index (χ2n) is 5.65. The first-order valence-corrected chi connectivity index (χ1v) is 7.27. The summed E-state index contributed by atoms with van der Waals surface area (Å²) in [5, 5.41) is 3.06. The predicted octanol–water partition coefficient (Wildman–Crippen LogP) is 3.42. The van der Waals surface area contributed by atoms with Crippen LogP contribution in [0.15, 0.2) is 42.5 Å². The molecule has 0 fully saturated rings. The third-order valence-corrected chi connectivity index (χ3v) is 4.10. The van der Waals surface area contributed by atoms with Crippen LogP contribution in [-0.2, 0) is 12.8 Å². The minimum Gasteiger partial charge on any atom is -0.349 e. The highest BCUT2D eigenvalue weighted by molar-refractivity contribution is 5.94. The quantitative estimate of drug-likeness (QED) is 0.899. The number of carbonyl (C=O) groups excluding carboxylic acids is 1. The van der Waals surface area contributed by atoms with Gasteiger partial charge in [-0.15, -0.1) is 0 Å². The molecule has 3 rings (SSSR count). The summed E-state index contributed by atoms with van der Waals surface area (Å²) in [5.74, 6) is -0.402. The second-order valence-corrected chi connectivity index (χ2v) is 5.65. The molecule has 0 saturated heterocycles. The number of hydrogen-bond acceptors (Lipinski definition) is 1.